The zero-order valence-corrected chi connectivity index (χ0v) is 12.6. The molecule has 1 aromatic carbocycles. The van der Waals surface area contributed by atoms with Gasteiger partial charge in [0.15, 0.2) is 0 Å². The second-order valence-electron chi connectivity index (χ2n) is 4.64. The standard InChI is InChI=1S/C13H15Cl2NO4/c1-13(7-20-2,6-11(17)18)16-12(19)9-4-3-8(14)5-10(9)15/h3-5H,6-7H2,1-2H3,(H,16,19)(H,17,18). The van der Waals surface area contributed by atoms with Crippen LogP contribution in [-0.4, -0.2) is 36.2 Å². The Morgan fingerprint density at radius 2 is 2.05 bits per heavy atom. The van der Waals surface area contributed by atoms with Crippen molar-refractivity contribution >= 4 is 35.1 Å². The average molecular weight is 320 g/mol. The molecular formula is C13H15Cl2NO4. The van der Waals surface area contributed by atoms with E-state index >= 15 is 0 Å². The predicted molar refractivity (Wildman–Crippen MR) is 76.5 cm³/mol. The van der Waals surface area contributed by atoms with Gasteiger partial charge in [0.2, 0.25) is 0 Å². The first kappa shape index (κ1) is 16.8. The van der Waals surface area contributed by atoms with Crippen LogP contribution >= 0.6 is 23.2 Å². The summed E-state index contributed by atoms with van der Waals surface area (Å²) >= 11 is 11.7. The van der Waals surface area contributed by atoms with Crippen molar-refractivity contribution in [1.29, 1.82) is 0 Å². The number of carbonyl (C=O) groups is 2. The third-order valence-electron chi connectivity index (χ3n) is 2.60. The summed E-state index contributed by atoms with van der Waals surface area (Å²) in [4.78, 5) is 23.0. The highest BCUT2D eigenvalue weighted by Crippen LogP contribution is 2.22. The van der Waals surface area contributed by atoms with Crippen molar-refractivity contribution in [3.63, 3.8) is 0 Å². The molecule has 0 spiro atoms. The number of hydrogen-bond acceptors (Lipinski definition) is 3. The molecule has 1 rings (SSSR count). The highest BCUT2D eigenvalue weighted by Gasteiger charge is 2.30. The number of halogens is 2. The smallest absolute Gasteiger partial charge is 0.305 e. The summed E-state index contributed by atoms with van der Waals surface area (Å²) in [6.45, 7) is 1.66. The monoisotopic (exact) mass is 319 g/mol. The normalized spacial score (nSPS) is 13.6. The molecule has 1 amide bonds. The second kappa shape index (κ2) is 6.92. The molecule has 0 fully saturated rings. The van der Waals surface area contributed by atoms with E-state index in [-0.39, 0.29) is 23.6 Å². The molecule has 0 saturated carbocycles. The number of benzene rings is 1. The number of methoxy groups -OCH3 is 1. The van der Waals surface area contributed by atoms with Gasteiger partial charge in [0.1, 0.15) is 0 Å². The molecule has 0 aliphatic heterocycles. The minimum absolute atomic E-state index is 0.0657. The highest BCUT2D eigenvalue weighted by atomic mass is 35.5. The molecular weight excluding hydrogens is 305 g/mol. The lowest BCUT2D eigenvalue weighted by Gasteiger charge is -2.28. The summed E-state index contributed by atoms with van der Waals surface area (Å²) < 4.78 is 4.96. The summed E-state index contributed by atoms with van der Waals surface area (Å²) in [5, 5.41) is 12.1. The number of ether oxygens (including phenoxy) is 1. The van der Waals surface area contributed by atoms with Gasteiger partial charge in [0.05, 0.1) is 29.2 Å². The Kier molecular flexibility index (Phi) is 5.80. The van der Waals surface area contributed by atoms with Gasteiger partial charge in [-0.3, -0.25) is 9.59 Å². The van der Waals surface area contributed by atoms with Crippen LogP contribution in [0.3, 0.4) is 0 Å². The van der Waals surface area contributed by atoms with Crippen LogP contribution in [0.15, 0.2) is 18.2 Å². The molecule has 0 radical (unpaired) electrons. The number of hydrogen-bond donors (Lipinski definition) is 2. The van der Waals surface area contributed by atoms with E-state index in [9.17, 15) is 9.59 Å². The van der Waals surface area contributed by atoms with Crippen molar-refractivity contribution < 1.29 is 19.4 Å². The molecule has 0 aliphatic rings. The van der Waals surface area contributed by atoms with E-state index in [1.54, 1.807) is 6.92 Å². The molecule has 20 heavy (non-hydrogen) atoms. The number of amides is 1. The largest absolute Gasteiger partial charge is 0.481 e. The molecule has 0 saturated heterocycles. The van der Waals surface area contributed by atoms with E-state index in [4.69, 9.17) is 33.0 Å². The Morgan fingerprint density at radius 1 is 1.40 bits per heavy atom. The minimum Gasteiger partial charge on any atom is -0.481 e. The van der Waals surface area contributed by atoms with E-state index in [0.717, 1.165) is 0 Å². The minimum atomic E-state index is -1.04. The first-order valence-corrected chi connectivity index (χ1v) is 6.51. The molecule has 2 N–H and O–H groups in total. The van der Waals surface area contributed by atoms with Gasteiger partial charge in [-0.2, -0.15) is 0 Å². The number of aliphatic carboxylic acids is 1. The van der Waals surface area contributed by atoms with Gasteiger partial charge in [0.25, 0.3) is 5.91 Å². The fourth-order valence-electron chi connectivity index (χ4n) is 1.80. The predicted octanol–water partition coefficient (Wildman–Crippen LogP) is 2.60. The Labute approximate surface area is 126 Å². The molecule has 7 heteroatoms. The molecule has 0 aliphatic carbocycles. The lowest BCUT2D eigenvalue weighted by Crippen LogP contribution is -2.50. The van der Waals surface area contributed by atoms with Crippen LogP contribution in [0.1, 0.15) is 23.7 Å². The molecule has 1 unspecified atom stereocenters. The van der Waals surface area contributed by atoms with Crippen LogP contribution in [0.5, 0.6) is 0 Å². The summed E-state index contributed by atoms with van der Waals surface area (Å²) in [5.41, 5.74) is -0.801. The number of carboxylic acids is 1. The van der Waals surface area contributed by atoms with Crippen molar-refractivity contribution in [2.75, 3.05) is 13.7 Å². The zero-order chi connectivity index (χ0) is 15.3. The zero-order valence-electron chi connectivity index (χ0n) is 11.1. The summed E-state index contributed by atoms with van der Waals surface area (Å²) in [7, 11) is 1.43. The number of nitrogens with one attached hydrogen (secondary N) is 1. The first-order chi connectivity index (χ1) is 9.27. The number of carbonyl (C=O) groups excluding carboxylic acids is 1. The average Bonchev–Trinajstić information content (AvgIpc) is 2.26. The third-order valence-corrected chi connectivity index (χ3v) is 3.14. The van der Waals surface area contributed by atoms with Gasteiger partial charge in [-0.25, -0.2) is 0 Å². The van der Waals surface area contributed by atoms with Crippen molar-refractivity contribution in [3.05, 3.63) is 33.8 Å². The van der Waals surface area contributed by atoms with Gasteiger partial charge >= 0.3 is 5.97 Å². The van der Waals surface area contributed by atoms with Crippen LogP contribution in [0.2, 0.25) is 10.0 Å². The van der Waals surface area contributed by atoms with Crippen LogP contribution in [0.25, 0.3) is 0 Å². The fourth-order valence-corrected chi connectivity index (χ4v) is 2.29. The molecule has 0 aromatic heterocycles. The van der Waals surface area contributed by atoms with Crippen LogP contribution in [0, 0.1) is 0 Å². The van der Waals surface area contributed by atoms with Crippen molar-refractivity contribution in [3.8, 4) is 0 Å². The third kappa shape index (κ3) is 4.67. The summed E-state index contributed by atoms with van der Waals surface area (Å²) in [6.07, 6.45) is -0.266. The highest BCUT2D eigenvalue weighted by molar-refractivity contribution is 6.36. The van der Waals surface area contributed by atoms with Crippen LogP contribution in [0.4, 0.5) is 0 Å². The van der Waals surface area contributed by atoms with Crippen molar-refractivity contribution in [2.24, 2.45) is 0 Å². The maximum absolute atomic E-state index is 12.2. The van der Waals surface area contributed by atoms with E-state index in [2.05, 4.69) is 5.32 Å². The maximum atomic E-state index is 12.2. The Bertz CT molecular complexity index is 521. The van der Waals surface area contributed by atoms with Gasteiger partial charge in [0, 0.05) is 12.1 Å². The lowest BCUT2D eigenvalue weighted by atomic mass is 9.98. The van der Waals surface area contributed by atoms with Gasteiger partial charge in [-0.05, 0) is 25.1 Å². The molecule has 110 valence electrons. The van der Waals surface area contributed by atoms with E-state index in [1.165, 1.54) is 25.3 Å². The topological polar surface area (TPSA) is 75.6 Å². The van der Waals surface area contributed by atoms with E-state index in [0.29, 0.717) is 5.02 Å². The van der Waals surface area contributed by atoms with Crippen LogP contribution < -0.4 is 5.32 Å². The Balaban J connectivity index is 2.93. The van der Waals surface area contributed by atoms with E-state index < -0.39 is 17.4 Å². The fraction of sp³-hybridized carbons (Fsp3) is 0.385. The van der Waals surface area contributed by atoms with Gasteiger partial charge in [-0.15, -0.1) is 0 Å². The van der Waals surface area contributed by atoms with Crippen LogP contribution in [-0.2, 0) is 9.53 Å². The number of carboxylic acid groups (broad SMARTS) is 1. The van der Waals surface area contributed by atoms with Gasteiger partial charge < -0.3 is 15.2 Å². The Morgan fingerprint density at radius 3 is 2.55 bits per heavy atom. The molecule has 1 atom stereocenters. The summed E-state index contributed by atoms with van der Waals surface area (Å²) in [5.74, 6) is -1.51. The number of rotatable bonds is 6. The molecule has 0 heterocycles. The van der Waals surface area contributed by atoms with E-state index in [1.807, 2.05) is 0 Å². The quantitative estimate of drug-likeness (QED) is 0.845. The van der Waals surface area contributed by atoms with Crippen molar-refractivity contribution in [1.82, 2.24) is 5.32 Å². The molecule has 1 aromatic rings. The molecule has 0 bridgehead atoms. The SMILES string of the molecule is COCC(C)(CC(=O)O)NC(=O)c1ccc(Cl)cc1Cl. The Hall–Kier alpha value is -1.30. The second-order valence-corrected chi connectivity index (χ2v) is 5.49. The summed E-state index contributed by atoms with van der Waals surface area (Å²) in [6, 6.07) is 4.46. The van der Waals surface area contributed by atoms with Gasteiger partial charge in [-0.1, -0.05) is 23.2 Å². The van der Waals surface area contributed by atoms with Crippen molar-refractivity contribution in [2.45, 2.75) is 18.9 Å². The lowest BCUT2D eigenvalue weighted by molar-refractivity contribution is -0.139. The molecule has 5 nitrogen and oxygen atoms in total. The maximum Gasteiger partial charge on any atom is 0.305 e. The first-order valence-electron chi connectivity index (χ1n) is 5.76.